The van der Waals surface area contributed by atoms with Gasteiger partial charge in [0.05, 0.1) is 23.7 Å². The van der Waals surface area contributed by atoms with E-state index < -0.39 is 25.4 Å². The molecule has 6 rings (SSSR count). The first-order valence-electron chi connectivity index (χ1n) is 18.0. The van der Waals surface area contributed by atoms with Crippen molar-refractivity contribution in [3.63, 3.8) is 0 Å². The fourth-order valence-corrected chi connectivity index (χ4v) is 16.2. The molecule has 2 aliphatic heterocycles. The van der Waals surface area contributed by atoms with Gasteiger partial charge in [0.1, 0.15) is 17.8 Å². The highest BCUT2D eigenvalue weighted by Gasteiger charge is 2.80. The van der Waals surface area contributed by atoms with E-state index in [1.807, 2.05) is 0 Å². The Labute approximate surface area is 266 Å². The average molecular weight is 627 g/mol. The van der Waals surface area contributed by atoms with Crippen LogP contribution in [0.25, 0.3) is 0 Å². The number of ketones is 1. The van der Waals surface area contributed by atoms with Crippen LogP contribution in [-0.2, 0) is 23.5 Å². The lowest BCUT2D eigenvalue weighted by Crippen LogP contribution is -2.63. The van der Waals surface area contributed by atoms with Gasteiger partial charge < -0.3 is 19.0 Å². The van der Waals surface area contributed by atoms with Crippen LogP contribution in [0.4, 0.5) is 0 Å². The van der Waals surface area contributed by atoms with E-state index in [0.717, 1.165) is 87.1 Å². The third-order valence-electron chi connectivity index (χ3n) is 14.1. The molecule has 4 fully saturated rings. The van der Waals surface area contributed by atoms with Gasteiger partial charge in [-0.15, -0.1) is 0 Å². The second kappa shape index (κ2) is 11.8. The van der Waals surface area contributed by atoms with Gasteiger partial charge in [-0.2, -0.15) is 0 Å². The lowest BCUT2D eigenvalue weighted by Gasteiger charge is -2.58. The van der Waals surface area contributed by atoms with Gasteiger partial charge in [-0.3, -0.25) is 4.79 Å². The molecule has 0 aromatic carbocycles. The molecule has 6 aliphatic rings. The van der Waals surface area contributed by atoms with Crippen molar-refractivity contribution in [3.8, 4) is 0 Å². The van der Waals surface area contributed by atoms with Crippen LogP contribution in [0.5, 0.6) is 0 Å². The molecule has 44 heavy (non-hydrogen) atoms. The number of carbonyl (C=O) groups is 2. The van der Waals surface area contributed by atoms with E-state index in [-0.39, 0.29) is 41.2 Å². The number of rotatable bonds is 11. The van der Waals surface area contributed by atoms with Crippen molar-refractivity contribution in [2.75, 3.05) is 6.61 Å². The molecule has 0 radical (unpaired) electrons. The summed E-state index contributed by atoms with van der Waals surface area (Å²) in [6, 6.07) is 3.49. The van der Waals surface area contributed by atoms with Gasteiger partial charge in [-0.05, 0) is 111 Å². The number of cyclic esters (lactones) is 1. The van der Waals surface area contributed by atoms with Gasteiger partial charge >= 0.3 is 5.97 Å². The normalized spacial score (nSPS) is 43.6. The number of hydrogen-bond donors (Lipinski definition) is 1. The molecule has 1 saturated heterocycles. The number of aliphatic hydroxyl groups is 1. The maximum atomic E-state index is 13.5. The van der Waals surface area contributed by atoms with Gasteiger partial charge in [0.2, 0.25) is 0 Å². The van der Waals surface area contributed by atoms with E-state index in [0.29, 0.717) is 24.4 Å². The second-order valence-corrected chi connectivity index (χ2v) is 20.3. The van der Waals surface area contributed by atoms with Crippen LogP contribution in [0.3, 0.4) is 0 Å². The molecule has 1 spiro atoms. The Morgan fingerprint density at radius 1 is 1.05 bits per heavy atom. The van der Waals surface area contributed by atoms with Gasteiger partial charge in [0.15, 0.2) is 14.1 Å². The fraction of sp³-hybridized carbons (Fsp3) is 0.838. The number of hydrogen-bond acceptors (Lipinski definition) is 6. The standard InChI is InChI=1S/C37H58O6Si/c1-8-17-44(18-9-2,19-10-3)41-22-26-23(4)20-30(42-34(26)40)24(5)27-11-12-28-25-21-33-37(43-33)32(39)14-13-31(38)36(37,7)29(25)15-16-35(27,28)6/h13-14,24-25,27-30,32-33,39H,8-12,15-22H2,1-7H3/t24-,25-,27+,28-,29-,30+,32-,33+,35+,36-,37+/m0/s1. The van der Waals surface area contributed by atoms with Crippen molar-refractivity contribution in [1.29, 1.82) is 0 Å². The molecule has 0 bridgehead atoms. The summed E-state index contributed by atoms with van der Waals surface area (Å²) in [4.78, 5) is 27.0. The quantitative estimate of drug-likeness (QED) is 0.145. The van der Waals surface area contributed by atoms with Crippen LogP contribution >= 0.6 is 0 Å². The third-order valence-corrected chi connectivity index (χ3v) is 19.1. The van der Waals surface area contributed by atoms with Crippen LogP contribution in [0.1, 0.15) is 106 Å². The molecule has 6 nitrogen and oxygen atoms in total. The summed E-state index contributed by atoms with van der Waals surface area (Å²) in [6.07, 6.45) is 12.0. The van der Waals surface area contributed by atoms with Gasteiger partial charge in [0, 0.05) is 6.42 Å². The topological polar surface area (TPSA) is 85.4 Å². The van der Waals surface area contributed by atoms with Crippen LogP contribution in [0.15, 0.2) is 23.3 Å². The molecule has 1 N–H and O–H groups in total. The maximum absolute atomic E-state index is 13.5. The summed E-state index contributed by atoms with van der Waals surface area (Å²) in [5.74, 6) is 1.92. The Hall–Kier alpha value is -1.28. The number of esters is 1. The monoisotopic (exact) mass is 626 g/mol. The zero-order chi connectivity index (χ0) is 31.7. The molecule has 7 heteroatoms. The average Bonchev–Trinajstić information content (AvgIpc) is 3.61. The summed E-state index contributed by atoms with van der Waals surface area (Å²) in [6.45, 7) is 16.2. The number of ether oxygens (including phenoxy) is 2. The lowest BCUT2D eigenvalue weighted by atomic mass is 9.44. The van der Waals surface area contributed by atoms with E-state index >= 15 is 0 Å². The predicted octanol–water partition coefficient (Wildman–Crippen LogP) is 7.55. The SMILES string of the molecule is CCC[Si](CCC)(CCC)OCC1=C(C)C[C@H]([C@@H](C)[C@H]2CC[C@H]3[C@@H]4C[C@H]5O[C@]56[C@@H](O)C=CC(=O)[C@]6(C)[C@H]4CC[C@]23C)OC1=O. The first-order valence-corrected chi connectivity index (χ1v) is 20.6. The third kappa shape index (κ3) is 4.71. The largest absolute Gasteiger partial charge is 0.458 e. The molecule has 3 saturated carbocycles. The second-order valence-electron chi connectivity index (χ2n) is 16.1. The zero-order valence-corrected chi connectivity index (χ0v) is 29.5. The highest BCUT2D eigenvalue weighted by molar-refractivity contribution is 6.73. The number of fused-ring (bicyclic) bond motifs is 4. The van der Waals surface area contributed by atoms with Crippen LogP contribution in [0.2, 0.25) is 18.1 Å². The van der Waals surface area contributed by atoms with Gasteiger partial charge in [-0.1, -0.05) is 59.5 Å². The van der Waals surface area contributed by atoms with Crippen molar-refractivity contribution in [3.05, 3.63) is 23.3 Å². The smallest absolute Gasteiger partial charge is 0.336 e. The van der Waals surface area contributed by atoms with Crippen LogP contribution in [-0.4, -0.2) is 55.7 Å². The van der Waals surface area contributed by atoms with Gasteiger partial charge in [0.25, 0.3) is 0 Å². The number of carbonyl (C=O) groups excluding carboxylic acids is 2. The summed E-state index contributed by atoms with van der Waals surface area (Å²) in [5, 5.41) is 11.0. The van der Waals surface area contributed by atoms with Crippen LogP contribution < -0.4 is 0 Å². The summed E-state index contributed by atoms with van der Waals surface area (Å²) in [5.41, 5.74) is 0.703. The predicted molar refractivity (Wildman–Crippen MR) is 174 cm³/mol. The Kier molecular flexibility index (Phi) is 8.72. The molecule has 4 aliphatic carbocycles. The summed E-state index contributed by atoms with van der Waals surface area (Å²) in [7, 11) is -1.86. The van der Waals surface area contributed by atoms with E-state index in [1.165, 1.54) is 0 Å². The van der Waals surface area contributed by atoms with E-state index in [2.05, 4.69) is 48.5 Å². The summed E-state index contributed by atoms with van der Waals surface area (Å²) < 4.78 is 19.4. The fourth-order valence-electron chi connectivity index (χ4n) is 11.9. The molecular formula is C37H58O6Si. The molecular weight excluding hydrogens is 568 g/mol. The minimum atomic E-state index is -1.86. The van der Waals surface area contributed by atoms with Crippen molar-refractivity contribution < 1.29 is 28.6 Å². The Morgan fingerprint density at radius 3 is 2.36 bits per heavy atom. The van der Waals surface area contributed by atoms with Crippen molar-refractivity contribution in [1.82, 2.24) is 0 Å². The Morgan fingerprint density at radius 2 is 1.73 bits per heavy atom. The number of epoxide rings is 1. The first kappa shape index (κ1) is 32.6. The molecule has 0 amide bonds. The van der Waals surface area contributed by atoms with Crippen molar-refractivity contribution in [2.24, 2.45) is 40.4 Å². The van der Waals surface area contributed by atoms with Crippen molar-refractivity contribution >= 4 is 20.1 Å². The minimum Gasteiger partial charge on any atom is -0.458 e. The molecule has 0 aromatic heterocycles. The molecule has 11 atom stereocenters. The maximum Gasteiger partial charge on any atom is 0.336 e. The number of allylic oxidation sites excluding steroid dienone is 1. The summed E-state index contributed by atoms with van der Waals surface area (Å²) >= 11 is 0. The van der Waals surface area contributed by atoms with E-state index in [4.69, 9.17) is 13.9 Å². The molecule has 2 heterocycles. The van der Waals surface area contributed by atoms with Gasteiger partial charge in [-0.25, -0.2) is 4.79 Å². The molecule has 0 aromatic rings. The minimum absolute atomic E-state index is 0.0297. The molecule has 0 unspecified atom stereocenters. The highest BCUT2D eigenvalue weighted by Crippen LogP contribution is 2.73. The Balaban J connectivity index is 1.16. The highest BCUT2D eigenvalue weighted by atomic mass is 28.4. The van der Waals surface area contributed by atoms with Crippen molar-refractivity contribution in [2.45, 2.75) is 148 Å². The van der Waals surface area contributed by atoms with Crippen LogP contribution in [0, 0.1) is 40.4 Å². The van der Waals surface area contributed by atoms with E-state index in [1.54, 1.807) is 12.2 Å². The number of aliphatic hydroxyl groups excluding tert-OH is 1. The zero-order valence-electron chi connectivity index (χ0n) is 28.5. The Bertz CT molecular complexity index is 1190. The first-order chi connectivity index (χ1) is 20.9. The molecule has 246 valence electrons. The lowest BCUT2D eigenvalue weighted by molar-refractivity contribution is -0.155. The van der Waals surface area contributed by atoms with E-state index in [9.17, 15) is 14.7 Å².